The van der Waals surface area contributed by atoms with E-state index in [1.807, 2.05) is 41.5 Å². The van der Waals surface area contributed by atoms with Crippen LogP contribution in [-0.4, -0.2) is 65.4 Å². The smallest absolute Gasteiger partial charge is 0.323 e. The Labute approximate surface area is 143 Å². The van der Waals surface area contributed by atoms with Gasteiger partial charge in [-0.05, 0) is 41.5 Å². The molecule has 0 bridgehead atoms. The second-order valence-electron chi connectivity index (χ2n) is 8.09. The summed E-state index contributed by atoms with van der Waals surface area (Å²) in [6.45, 7) is 11.1. The maximum atomic E-state index is 12.2. The number of hydrogen-bond acceptors (Lipinski definition) is 3. The molecule has 0 radical (unpaired) electrons. The Kier molecular flexibility index (Phi) is 5.58. The van der Waals surface area contributed by atoms with Crippen LogP contribution in [0, 0.1) is 0 Å². The largest absolute Gasteiger partial charge is 0.334 e. The second-order valence-corrected chi connectivity index (χ2v) is 8.09. The van der Waals surface area contributed by atoms with Gasteiger partial charge in [-0.3, -0.25) is 0 Å². The molecule has 0 aromatic heterocycles. The Morgan fingerprint density at radius 1 is 0.792 bits per heavy atom. The van der Waals surface area contributed by atoms with Gasteiger partial charge in [-0.1, -0.05) is 0 Å². The minimum absolute atomic E-state index is 0.294. The van der Waals surface area contributed by atoms with Crippen LogP contribution in [0.3, 0.4) is 0 Å². The molecule has 0 spiro atoms. The quantitative estimate of drug-likeness (QED) is 0.597. The fourth-order valence-electron chi connectivity index (χ4n) is 2.28. The van der Waals surface area contributed by atoms with E-state index in [1.165, 1.54) is 9.80 Å². The predicted molar refractivity (Wildman–Crippen MR) is 91.3 cm³/mol. The topological polar surface area (TPSA) is 106 Å². The first-order valence-electron chi connectivity index (χ1n) is 7.88. The van der Waals surface area contributed by atoms with Gasteiger partial charge in [0, 0.05) is 25.2 Å². The lowest BCUT2D eigenvalue weighted by molar-refractivity contribution is 0.186. The standard InChI is InChI=1S/C15H30N6O3/c1-14(2,3)18-11(22)16-9-10(21(8)13(24)20(9)7)17-12(23)19-15(4,5)6/h9-10H,1-8H3,(H2,16,18,22)(H2,17,19,23)/t9-,10-/m0/s1. The maximum absolute atomic E-state index is 12.2. The summed E-state index contributed by atoms with van der Waals surface area (Å²) in [5.41, 5.74) is -0.826. The first kappa shape index (κ1) is 19.9. The van der Waals surface area contributed by atoms with Crippen LogP contribution in [0.2, 0.25) is 0 Å². The van der Waals surface area contributed by atoms with E-state index in [0.29, 0.717) is 0 Å². The fourth-order valence-corrected chi connectivity index (χ4v) is 2.28. The van der Waals surface area contributed by atoms with Crippen LogP contribution >= 0.6 is 0 Å². The summed E-state index contributed by atoms with van der Waals surface area (Å²) in [4.78, 5) is 39.2. The van der Waals surface area contributed by atoms with Crippen LogP contribution < -0.4 is 21.3 Å². The summed E-state index contributed by atoms with van der Waals surface area (Å²) >= 11 is 0. The van der Waals surface area contributed by atoms with Crippen LogP contribution in [0.4, 0.5) is 14.4 Å². The predicted octanol–water partition coefficient (Wildman–Crippen LogP) is 0.831. The van der Waals surface area contributed by atoms with Crippen molar-refractivity contribution in [3.05, 3.63) is 0 Å². The van der Waals surface area contributed by atoms with E-state index in [2.05, 4.69) is 21.3 Å². The summed E-state index contributed by atoms with van der Waals surface area (Å²) in [7, 11) is 3.15. The van der Waals surface area contributed by atoms with Gasteiger partial charge < -0.3 is 31.1 Å². The van der Waals surface area contributed by atoms with Crippen LogP contribution in [0.15, 0.2) is 0 Å². The number of carbonyl (C=O) groups is 3. The third-order valence-electron chi connectivity index (χ3n) is 3.27. The molecule has 9 heteroatoms. The molecule has 138 valence electrons. The van der Waals surface area contributed by atoms with Gasteiger partial charge >= 0.3 is 18.1 Å². The van der Waals surface area contributed by atoms with E-state index < -0.39 is 35.5 Å². The van der Waals surface area contributed by atoms with Crippen molar-refractivity contribution in [3.8, 4) is 0 Å². The third kappa shape index (κ3) is 5.47. The highest BCUT2D eigenvalue weighted by Gasteiger charge is 2.44. The van der Waals surface area contributed by atoms with E-state index in [1.54, 1.807) is 14.1 Å². The zero-order valence-electron chi connectivity index (χ0n) is 15.8. The molecule has 1 rings (SSSR count). The van der Waals surface area contributed by atoms with Crippen molar-refractivity contribution in [2.75, 3.05) is 14.1 Å². The molecule has 2 atom stereocenters. The van der Waals surface area contributed by atoms with Crippen LogP contribution in [0.5, 0.6) is 0 Å². The van der Waals surface area contributed by atoms with E-state index >= 15 is 0 Å². The average molecular weight is 342 g/mol. The SMILES string of the molecule is CN1C(=O)N(C)[C@H](NC(=O)NC(C)(C)C)[C@H]1NC(=O)NC(C)(C)C. The lowest BCUT2D eigenvalue weighted by Crippen LogP contribution is -2.61. The van der Waals surface area contributed by atoms with Gasteiger partial charge in [0.1, 0.15) is 12.3 Å². The van der Waals surface area contributed by atoms with Gasteiger partial charge in [0.25, 0.3) is 0 Å². The minimum Gasteiger partial charge on any atom is -0.334 e. The van der Waals surface area contributed by atoms with Gasteiger partial charge in [-0.15, -0.1) is 0 Å². The van der Waals surface area contributed by atoms with Gasteiger partial charge in [0.05, 0.1) is 0 Å². The van der Waals surface area contributed by atoms with E-state index in [-0.39, 0.29) is 6.03 Å². The van der Waals surface area contributed by atoms with E-state index in [4.69, 9.17) is 0 Å². The van der Waals surface area contributed by atoms with Crippen molar-refractivity contribution < 1.29 is 14.4 Å². The van der Waals surface area contributed by atoms with E-state index in [9.17, 15) is 14.4 Å². The molecule has 9 nitrogen and oxygen atoms in total. The second kappa shape index (κ2) is 6.74. The van der Waals surface area contributed by atoms with E-state index in [0.717, 1.165) is 0 Å². The molecular weight excluding hydrogens is 312 g/mol. The Morgan fingerprint density at radius 2 is 1.08 bits per heavy atom. The van der Waals surface area contributed by atoms with Crippen molar-refractivity contribution in [1.29, 1.82) is 0 Å². The third-order valence-corrected chi connectivity index (χ3v) is 3.27. The van der Waals surface area contributed by atoms with Gasteiger partial charge in [-0.25, -0.2) is 14.4 Å². The number of carbonyl (C=O) groups excluding carboxylic acids is 3. The molecule has 0 aliphatic carbocycles. The van der Waals surface area contributed by atoms with Crippen molar-refractivity contribution in [2.45, 2.75) is 65.0 Å². The number of hydrogen-bond donors (Lipinski definition) is 4. The zero-order chi connectivity index (χ0) is 18.9. The number of amides is 6. The van der Waals surface area contributed by atoms with Gasteiger partial charge in [0.2, 0.25) is 0 Å². The van der Waals surface area contributed by atoms with Crippen LogP contribution in [0.25, 0.3) is 0 Å². The van der Waals surface area contributed by atoms with Crippen LogP contribution in [-0.2, 0) is 0 Å². The maximum Gasteiger partial charge on any atom is 0.323 e. The molecule has 0 unspecified atom stereocenters. The molecular formula is C15H30N6O3. The molecule has 1 aliphatic rings. The normalized spacial score (nSPS) is 21.6. The minimum atomic E-state index is -0.685. The highest BCUT2D eigenvalue weighted by molar-refractivity contribution is 5.82. The highest BCUT2D eigenvalue weighted by Crippen LogP contribution is 2.16. The Bertz CT molecular complexity index is 464. The number of likely N-dealkylation sites (N-methyl/N-ethyl adjacent to an activating group) is 2. The molecule has 0 saturated carbocycles. The fraction of sp³-hybridized carbons (Fsp3) is 0.800. The first-order valence-corrected chi connectivity index (χ1v) is 7.88. The molecule has 1 heterocycles. The van der Waals surface area contributed by atoms with Gasteiger partial charge in [0.15, 0.2) is 0 Å². The first-order chi connectivity index (χ1) is 10.7. The molecule has 4 N–H and O–H groups in total. The Hall–Kier alpha value is -2.19. The van der Waals surface area contributed by atoms with Crippen molar-refractivity contribution in [2.24, 2.45) is 0 Å². The monoisotopic (exact) mass is 342 g/mol. The average Bonchev–Trinajstić information content (AvgIpc) is 2.52. The summed E-state index contributed by atoms with van der Waals surface area (Å²) in [6, 6.07) is -1.12. The molecule has 0 aromatic carbocycles. The molecule has 1 saturated heterocycles. The Morgan fingerprint density at radius 3 is 1.33 bits per heavy atom. The number of urea groups is 3. The molecule has 0 aromatic rings. The molecule has 1 aliphatic heterocycles. The van der Waals surface area contributed by atoms with Crippen molar-refractivity contribution >= 4 is 18.1 Å². The number of rotatable bonds is 2. The van der Waals surface area contributed by atoms with Gasteiger partial charge in [-0.2, -0.15) is 0 Å². The molecule has 6 amide bonds. The molecule has 1 fully saturated rings. The highest BCUT2D eigenvalue weighted by atomic mass is 16.2. The Balaban J connectivity index is 2.84. The lowest BCUT2D eigenvalue weighted by atomic mass is 10.1. The zero-order valence-corrected chi connectivity index (χ0v) is 15.8. The summed E-state index contributed by atoms with van der Waals surface area (Å²) < 4.78 is 0. The summed E-state index contributed by atoms with van der Waals surface area (Å²) in [6.07, 6.45) is -1.37. The van der Waals surface area contributed by atoms with Crippen molar-refractivity contribution in [1.82, 2.24) is 31.1 Å². The van der Waals surface area contributed by atoms with Crippen molar-refractivity contribution in [3.63, 3.8) is 0 Å². The molecule has 24 heavy (non-hydrogen) atoms. The number of nitrogens with zero attached hydrogens (tertiary/aromatic N) is 2. The number of nitrogens with one attached hydrogen (secondary N) is 4. The summed E-state index contributed by atoms with van der Waals surface area (Å²) in [5, 5.41) is 11.0. The van der Waals surface area contributed by atoms with Crippen LogP contribution in [0.1, 0.15) is 41.5 Å². The summed E-state index contributed by atoms with van der Waals surface area (Å²) in [5.74, 6) is 0. The lowest BCUT2D eigenvalue weighted by Gasteiger charge is -2.30.